The highest BCUT2D eigenvalue weighted by Gasteiger charge is 2.13. The van der Waals surface area contributed by atoms with Crippen molar-refractivity contribution >= 4 is 51.8 Å². The predicted molar refractivity (Wildman–Crippen MR) is 135 cm³/mol. The number of halogens is 2. The van der Waals surface area contributed by atoms with Crippen LogP contribution in [0.3, 0.4) is 0 Å². The fourth-order valence-corrected chi connectivity index (χ4v) is 3.96. The second kappa shape index (κ2) is 10.4. The van der Waals surface area contributed by atoms with E-state index in [0.717, 1.165) is 10.8 Å². The van der Waals surface area contributed by atoms with Gasteiger partial charge in [0.15, 0.2) is 5.75 Å². The Morgan fingerprint density at radius 1 is 1.03 bits per heavy atom. The standard InChI is InChI=1S/C25H17Cl2N3O5/c26-21-9-16(10-22(27)24(21)35-14-15-4-3-7-19(8-15)30(33)34)13-28-29-25(32)20-11-17-5-1-2-6-18(17)12-23(20)31/h1-13,31H,14H2,(H,29,32). The molecule has 0 saturated carbocycles. The van der Waals surface area contributed by atoms with Gasteiger partial charge in [-0.05, 0) is 46.2 Å². The lowest BCUT2D eigenvalue weighted by Crippen LogP contribution is -2.17. The molecule has 176 valence electrons. The quantitative estimate of drug-likeness (QED) is 0.177. The van der Waals surface area contributed by atoms with Gasteiger partial charge in [-0.2, -0.15) is 5.10 Å². The first-order chi connectivity index (χ1) is 16.8. The summed E-state index contributed by atoms with van der Waals surface area (Å²) in [6.07, 6.45) is 1.35. The minimum atomic E-state index is -0.585. The van der Waals surface area contributed by atoms with Gasteiger partial charge >= 0.3 is 0 Å². The molecule has 0 fully saturated rings. The Morgan fingerprint density at radius 3 is 2.40 bits per heavy atom. The van der Waals surface area contributed by atoms with Gasteiger partial charge in [0.25, 0.3) is 11.6 Å². The van der Waals surface area contributed by atoms with Crippen molar-refractivity contribution in [2.75, 3.05) is 0 Å². The number of non-ortho nitro benzene ring substituents is 1. The molecule has 0 radical (unpaired) electrons. The minimum absolute atomic E-state index is 0.0276. The fraction of sp³-hybridized carbons (Fsp3) is 0.0400. The van der Waals surface area contributed by atoms with E-state index in [0.29, 0.717) is 11.1 Å². The number of phenolic OH excluding ortho intramolecular Hbond substituents is 1. The summed E-state index contributed by atoms with van der Waals surface area (Å²) in [6.45, 7) is 0.0276. The number of ether oxygens (including phenoxy) is 1. The van der Waals surface area contributed by atoms with Crippen LogP contribution in [0, 0.1) is 10.1 Å². The van der Waals surface area contributed by atoms with E-state index in [9.17, 15) is 20.0 Å². The number of phenols is 1. The summed E-state index contributed by atoms with van der Waals surface area (Å²) in [7, 11) is 0. The molecule has 2 N–H and O–H groups in total. The van der Waals surface area contributed by atoms with Crippen LogP contribution < -0.4 is 10.2 Å². The van der Waals surface area contributed by atoms with E-state index in [1.807, 2.05) is 24.3 Å². The van der Waals surface area contributed by atoms with Crippen LogP contribution in [-0.4, -0.2) is 22.2 Å². The van der Waals surface area contributed by atoms with Crippen molar-refractivity contribution in [1.29, 1.82) is 0 Å². The Labute approximate surface area is 209 Å². The summed E-state index contributed by atoms with van der Waals surface area (Å²) in [5.41, 5.74) is 3.47. The van der Waals surface area contributed by atoms with Crippen molar-refractivity contribution < 1.29 is 19.6 Å². The third kappa shape index (κ3) is 5.68. The first-order valence-electron chi connectivity index (χ1n) is 10.2. The molecular weight excluding hydrogens is 493 g/mol. The minimum Gasteiger partial charge on any atom is -0.507 e. The van der Waals surface area contributed by atoms with Crippen LogP contribution in [0.25, 0.3) is 10.8 Å². The molecule has 4 aromatic rings. The van der Waals surface area contributed by atoms with Crippen LogP contribution >= 0.6 is 23.2 Å². The first-order valence-corrected chi connectivity index (χ1v) is 11.0. The molecule has 1 amide bonds. The molecule has 0 heterocycles. The lowest BCUT2D eigenvalue weighted by molar-refractivity contribution is -0.384. The van der Waals surface area contributed by atoms with Crippen molar-refractivity contribution in [3.05, 3.63) is 110 Å². The second-order valence-electron chi connectivity index (χ2n) is 7.44. The molecule has 10 heteroatoms. The third-order valence-electron chi connectivity index (χ3n) is 5.01. The smallest absolute Gasteiger partial charge is 0.275 e. The molecule has 35 heavy (non-hydrogen) atoms. The zero-order chi connectivity index (χ0) is 24.9. The van der Waals surface area contributed by atoms with Crippen molar-refractivity contribution in [2.24, 2.45) is 5.10 Å². The maximum atomic E-state index is 12.5. The van der Waals surface area contributed by atoms with Gasteiger partial charge in [-0.3, -0.25) is 14.9 Å². The van der Waals surface area contributed by atoms with Crippen LogP contribution in [0.4, 0.5) is 5.69 Å². The molecule has 0 aromatic heterocycles. The molecule has 0 spiro atoms. The highest BCUT2D eigenvalue weighted by Crippen LogP contribution is 2.34. The van der Waals surface area contributed by atoms with Gasteiger partial charge in [0.1, 0.15) is 12.4 Å². The number of nitrogens with zero attached hydrogens (tertiary/aromatic N) is 2. The maximum Gasteiger partial charge on any atom is 0.275 e. The first kappa shape index (κ1) is 24.0. The summed E-state index contributed by atoms with van der Waals surface area (Å²) < 4.78 is 5.66. The number of nitro benzene ring substituents is 1. The maximum absolute atomic E-state index is 12.5. The fourth-order valence-electron chi connectivity index (χ4n) is 3.34. The summed E-state index contributed by atoms with van der Waals surface area (Å²) in [5.74, 6) is -0.534. The Bertz CT molecular complexity index is 1450. The lowest BCUT2D eigenvalue weighted by Gasteiger charge is -2.11. The van der Waals surface area contributed by atoms with Crippen molar-refractivity contribution in [1.82, 2.24) is 5.43 Å². The summed E-state index contributed by atoms with van der Waals surface area (Å²) >= 11 is 12.6. The van der Waals surface area contributed by atoms with Crippen LogP contribution in [0.2, 0.25) is 10.0 Å². The number of carbonyl (C=O) groups is 1. The molecule has 4 aromatic carbocycles. The molecule has 0 saturated heterocycles. The lowest BCUT2D eigenvalue weighted by atomic mass is 10.1. The number of amides is 1. The number of nitrogens with one attached hydrogen (secondary N) is 1. The number of rotatable bonds is 7. The van der Waals surface area contributed by atoms with Crippen LogP contribution in [0.15, 0.2) is 77.9 Å². The summed E-state index contributed by atoms with van der Waals surface area (Å²) in [6, 6.07) is 19.6. The monoisotopic (exact) mass is 509 g/mol. The Morgan fingerprint density at radius 2 is 1.71 bits per heavy atom. The predicted octanol–water partition coefficient (Wildman–Crippen LogP) is 6.10. The summed E-state index contributed by atoms with van der Waals surface area (Å²) in [5, 5.41) is 27.0. The van der Waals surface area contributed by atoms with Crippen LogP contribution in [0.5, 0.6) is 11.5 Å². The van der Waals surface area contributed by atoms with Gasteiger partial charge < -0.3 is 9.84 Å². The molecule has 8 nitrogen and oxygen atoms in total. The average Bonchev–Trinajstić information content (AvgIpc) is 2.83. The Hall–Kier alpha value is -4.14. The average molecular weight is 510 g/mol. The van der Waals surface area contributed by atoms with Crippen molar-refractivity contribution in [3.8, 4) is 11.5 Å². The molecule has 0 aliphatic heterocycles. The number of hydrogen-bond donors (Lipinski definition) is 2. The topological polar surface area (TPSA) is 114 Å². The number of nitro groups is 1. The molecule has 4 rings (SSSR count). The molecular formula is C25H17Cl2N3O5. The molecule has 0 bridgehead atoms. The van der Waals surface area contributed by atoms with E-state index in [1.54, 1.807) is 30.3 Å². The number of benzene rings is 4. The number of fused-ring (bicyclic) bond motifs is 1. The number of hydrazone groups is 1. The molecule has 0 aliphatic rings. The highest BCUT2D eigenvalue weighted by molar-refractivity contribution is 6.37. The number of carbonyl (C=O) groups excluding carboxylic acids is 1. The van der Waals surface area contributed by atoms with Crippen LogP contribution in [-0.2, 0) is 6.61 Å². The zero-order valence-electron chi connectivity index (χ0n) is 17.9. The molecule has 0 unspecified atom stereocenters. The number of hydrogen-bond acceptors (Lipinski definition) is 6. The molecule has 0 aliphatic carbocycles. The van der Waals surface area contributed by atoms with Crippen LogP contribution in [0.1, 0.15) is 21.5 Å². The van der Waals surface area contributed by atoms with E-state index in [2.05, 4.69) is 10.5 Å². The number of aromatic hydroxyl groups is 1. The SMILES string of the molecule is O=C(NN=Cc1cc(Cl)c(OCc2cccc([N+](=O)[O-])c2)c(Cl)c1)c1cc2ccccc2cc1O. The van der Waals surface area contributed by atoms with Gasteiger partial charge in [0.2, 0.25) is 0 Å². The second-order valence-corrected chi connectivity index (χ2v) is 8.26. The van der Waals surface area contributed by atoms with Gasteiger partial charge in [-0.1, -0.05) is 59.6 Å². The normalized spacial score (nSPS) is 11.0. The largest absolute Gasteiger partial charge is 0.507 e. The van der Waals surface area contributed by atoms with Gasteiger partial charge in [0, 0.05) is 12.1 Å². The van der Waals surface area contributed by atoms with E-state index in [4.69, 9.17) is 27.9 Å². The van der Waals surface area contributed by atoms with Gasteiger partial charge in [-0.15, -0.1) is 0 Å². The van der Waals surface area contributed by atoms with E-state index in [1.165, 1.54) is 24.4 Å². The zero-order valence-corrected chi connectivity index (χ0v) is 19.5. The van der Waals surface area contributed by atoms with E-state index in [-0.39, 0.29) is 39.4 Å². The Kier molecular flexibility index (Phi) is 7.14. The van der Waals surface area contributed by atoms with E-state index < -0.39 is 10.8 Å². The summed E-state index contributed by atoms with van der Waals surface area (Å²) in [4.78, 5) is 22.9. The van der Waals surface area contributed by atoms with Crippen molar-refractivity contribution in [3.63, 3.8) is 0 Å². The van der Waals surface area contributed by atoms with Crippen molar-refractivity contribution in [2.45, 2.75) is 6.61 Å². The highest BCUT2D eigenvalue weighted by atomic mass is 35.5. The molecule has 0 atom stereocenters. The van der Waals surface area contributed by atoms with E-state index >= 15 is 0 Å². The van der Waals surface area contributed by atoms with Gasteiger partial charge in [0.05, 0.1) is 26.7 Å². The Balaban J connectivity index is 1.43. The third-order valence-corrected chi connectivity index (χ3v) is 5.58. The van der Waals surface area contributed by atoms with Gasteiger partial charge in [-0.25, -0.2) is 5.43 Å².